The molecule has 0 bridgehead atoms. The minimum atomic E-state index is -0.616. The first-order chi connectivity index (χ1) is 14.0. The van der Waals surface area contributed by atoms with Gasteiger partial charge >= 0.3 is 0 Å². The number of carbonyl (C=O) groups excluding carboxylic acids is 2. The molecule has 0 radical (unpaired) electrons. The lowest BCUT2D eigenvalue weighted by Crippen LogP contribution is -2.50. The summed E-state index contributed by atoms with van der Waals surface area (Å²) >= 11 is 12.4. The van der Waals surface area contributed by atoms with Gasteiger partial charge in [0.25, 0.3) is 0 Å². The molecule has 0 heterocycles. The Kier molecular flexibility index (Phi) is 9.49. The van der Waals surface area contributed by atoms with E-state index in [0.29, 0.717) is 35.9 Å². The smallest absolute Gasteiger partial charge is 0.243 e. The van der Waals surface area contributed by atoms with Crippen molar-refractivity contribution in [2.75, 3.05) is 6.54 Å². The summed E-state index contributed by atoms with van der Waals surface area (Å²) in [6.07, 6.45) is 2.35. The number of benzene rings is 2. The van der Waals surface area contributed by atoms with Gasteiger partial charge in [-0.05, 0) is 36.1 Å². The SMILES string of the molecule is CCCNC(=O)C(Cc1ccccc1)N(Cc1ccc(Cl)cc1Cl)C(=O)CCC. The molecule has 1 unspecified atom stereocenters. The van der Waals surface area contributed by atoms with Crippen molar-refractivity contribution in [3.63, 3.8) is 0 Å². The third kappa shape index (κ3) is 7.06. The van der Waals surface area contributed by atoms with E-state index in [1.54, 1.807) is 23.1 Å². The van der Waals surface area contributed by atoms with E-state index < -0.39 is 6.04 Å². The van der Waals surface area contributed by atoms with Crippen LogP contribution in [0.3, 0.4) is 0 Å². The van der Waals surface area contributed by atoms with Gasteiger partial charge in [-0.15, -0.1) is 0 Å². The van der Waals surface area contributed by atoms with Crippen molar-refractivity contribution in [2.24, 2.45) is 0 Å². The zero-order valence-electron chi connectivity index (χ0n) is 17.0. The van der Waals surface area contributed by atoms with E-state index in [1.807, 2.05) is 44.2 Å². The molecule has 0 fully saturated rings. The summed E-state index contributed by atoms with van der Waals surface area (Å²) in [5, 5.41) is 3.97. The van der Waals surface area contributed by atoms with Crippen LogP contribution in [0.1, 0.15) is 44.2 Å². The number of nitrogens with one attached hydrogen (secondary N) is 1. The molecular formula is C23H28Cl2N2O2. The lowest BCUT2D eigenvalue weighted by Gasteiger charge is -2.32. The molecule has 0 aliphatic heterocycles. The summed E-state index contributed by atoms with van der Waals surface area (Å²) in [5.74, 6) is -0.212. The van der Waals surface area contributed by atoms with E-state index in [1.165, 1.54) is 0 Å². The fourth-order valence-corrected chi connectivity index (χ4v) is 3.58. The zero-order chi connectivity index (χ0) is 21.2. The highest BCUT2D eigenvalue weighted by Gasteiger charge is 2.30. The van der Waals surface area contributed by atoms with Crippen LogP contribution in [0.25, 0.3) is 0 Å². The summed E-state index contributed by atoms with van der Waals surface area (Å²) in [6.45, 7) is 4.78. The first-order valence-electron chi connectivity index (χ1n) is 10.0. The zero-order valence-corrected chi connectivity index (χ0v) is 18.5. The predicted octanol–water partition coefficient (Wildman–Crippen LogP) is 5.26. The Hall–Kier alpha value is -2.04. The van der Waals surface area contributed by atoms with Crippen molar-refractivity contribution in [1.29, 1.82) is 0 Å². The van der Waals surface area contributed by atoms with E-state index in [4.69, 9.17) is 23.2 Å². The van der Waals surface area contributed by atoms with Gasteiger partial charge in [-0.2, -0.15) is 0 Å². The van der Waals surface area contributed by atoms with Crippen LogP contribution in [0.5, 0.6) is 0 Å². The molecule has 156 valence electrons. The van der Waals surface area contributed by atoms with Crippen LogP contribution in [0.15, 0.2) is 48.5 Å². The molecule has 2 rings (SSSR count). The van der Waals surface area contributed by atoms with Crippen LogP contribution < -0.4 is 5.32 Å². The molecule has 1 atom stereocenters. The van der Waals surface area contributed by atoms with E-state index in [2.05, 4.69) is 5.32 Å². The Morgan fingerprint density at radius 1 is 1.03 bits per heavy atom. The fraction of sp³-hybridized carbons (Fsp3) is 0.391. The van der Waals surface area contributed by atoms with Gasteiger partial charge in [0, 0.05) is 36.0 Å². The van der Waals surface area contributed by atoms with Crippen molar-refractivity contribution in [3.8, 4) is 0 Å². The molecule has 0 aliphatic carbocycles. The van der Waals surface area contributed by atoms with E-state index in [0.717, 1.165) is 17.5 Å². The Labute approximate surface area is 183 Å². The van der Waals surface area contributed by atoms with Crippen molar-refractivity contribution in [1.82, 2.24) is 10.2 Å². The van der Waals surface area contributed by atoms with Crippen LogP contribution in [0.4, 0.5) is 0 Å². The number of hydrogen-bond donors (Lipinski definition) is 1. The molecule has 2 aromatic carbocycles. The fourth-order valence-electron chi connectivity index (χ4n) is 3.11. The second kappa shape index (κ2) is 11.8. The maximum atomic E-state index is 13.0. The summed E-state index contributed by atoms with van der Waals surface area (Å²) in [5.41, 5.74) is 1.77. The predicted molar refractivity (Wildman–Crippen MR) is 119 cm³/mol. The monoisotopic (exact) mass is 434 g/mol. The number of rotatable bonds is 10. The highest BCUT2D eigenvalue weighted by molar-refractivity contribution is 6.35. The Bertz CT molecular complexity index is 812. The molecule has 2 amide bonds. The lowest BCUT2D eigenvalue weighted by atomic mass is 10.0. The number of carbonyl (C=O) groups is 2. The highest BCUT2D eigenvalue weighted by Crippen LogP contribution is 2.24. The first-order valence-corrected chi connectivity index (χ1v) is 10.8. The van der Waals surface area contributed by atoms with Gasteiger partial charge in [-0.1, -0.05) is 73.4 Å². The molecule has 29 heavy (non-hydrogen) atoms. The van der Waals surface area contributed by atoms with Gasteiger partial charge in [0.05, 0.1) is 0 Å². The molecule has 1 N–H and O–H groups in total. The van der Waals surface area contributed by atoms with Crippen molar-refractivity contribution >= 4 is 35.0 Å². The minimum absolute atomic E-state index is 0.0638. The third-order valence-electron chi connectivity index (χ3n) is 4.64. The van der Waals surface area contributed by atoms with Crippen molar-refractivity contribution in [2.45, 2.75) is 52.1 Å². The van der Waals surface area contributed by atoms with Crippen LogP contribution in [-0.4, -0.2) is 29.3 Å². The van der Waals surface area contributed by atoms with Crippen LogP contribution >= 0.6 is 23.2 Å². The van der Waals surface area contributed by atoms with Gasteiger partial charge in [0.1, 0.15) is 6.04 Å². The molecular weight excluding hydrogens is 407 g/mol. The lowest BCUT2D eigenvalue weighted by molar-refractivity contribution is -0.141. The average Bonchev–Trinajstić information content (AvgIpc) is 2.71. The molecule has 0 saturated heterocycles. The first kappa shape index (κ1) is 23.2. The number of nitrogens with zero attached hydrogens (tertiary/aromatic N) is 1. The average molecular weight is 435 g/mol. The second-order valence-corrected chi connectivity index (χ2v) is 7.85. The Morgan fingerprint density at radius 2 is 1.76 bits per heavy atom. The largest absolute Gasteiger partial charge is 0.354 e. The molecule has 0 aliphatic rings. The quantitative estimate of drug-likeness (QED) is 0.554. The maximum absolute atomic E-state index is 13.0. The third-order valence-corrected chi connectivity index (χ3v) is 5.23. The minimum Gasteiger partial charge on any atom is -0.354 e. The van der Waals surface area contributed by atoms with Gasteiger partial charge in [0.2, 0.25) is 11.8 Å². The van der Waals surface area contributed by atoms with Gasteiger partial charge in [-0.25, -0.2) is 0 Å². The van der Waals surface area contributed by atoms with Crippen LogP contribution in [-0.2, 0) is 22.6 Å². The van der Waals surface area contributed by atoms with Crippen molar-refractivity contribution in [3.05, 3.63) is 69.7 Å². The Balaban J connectivity index is 2.38. The Morgan fingerprint density at radius 3 is 2.38 bits per heavy atom. The molecule has 4 nitrogen and oxygen atoms in total. The van der Waals surface area contributed by atoms with E-state index >= 15 is 0 Å². The number of amides is 2. The number of halogens is 2. The highest BCUT2D eigenvalue weighted by atomic mass is 35.5. The molecule has 6 heteroatoms. The van der Waals surface area contributed by atoms with Gasteiger partial charge in [0.15, 0.2) is 0 Å². The normalized spacial score (nSPS) is 11.7. The topological polar surface area (TPSA) is 49.4 Å². The summed E-state index contributed by atoms with van der Waals surface area (Å²) in [4.78, 5) is 27.7. The van der Waals surface area contributed by atoms with Crippen molar-refractivity contribution < 1.29 is 9.59 Å². The molecule has 0 aromatic heterocycles. The van der Waals surface area contributed by atoms with Crippen LogP contribution in [0.2, 0.25) is 10.0 Å². The summed E-state index contributed by atoms with van der Waals surface area (Å²) in [6, 6.07) is 14.3. The molecule has 0 saturated carbocycles. The van der Waals surface area contributed by atoms with Gasteiger partial charge < -0.3 is 10.2 Å². The molecule has 2 aromatic rings. The van der Waals surface area contributed by atoms with Gasteiger partial charge in [-0.3, -0.25) is 9.59 Å². The molecule has 0 spiro atoms. The van der Waals surface area contributed by atoms with E-state index in [9.17, 15) is 9.59 Å². The number of hydrogen-bond acceptors (Lipinski definition) is 2. The summed E-state index contributed by atoms with van der Waals surface area (Å²) in [7, 11) is 0. The standard InChI is InChI=1S/C23H28Cl2N2O2/c1-3-8-22(28)27(16-18-11-12-19(24)15-20(18)25)21(23(29)26-13-4-2)14-17-9-6-5-7-10-17/h5-7,9-12,15,21H,3-4,8,13-14,16H2,1-2H3,(H,26,29). The van der Waals surface area contributed by atoms with Crippen LogP contribution in [0, 0.1) is 0 Å². The summed E-state index contributed by atoms with van der Waals surface area (Å²) < 4.78 is 0. The second-order valence-electron chi connectivity index (χ2n) is 7.00. The van der Waals surface area contributed by atoms with E-state index in [-0.39, 0.29) is 18.4 Å². The maximum Gasteiger partial charge on any atom is 0.243 e.